The molecule has 2 aliphatic rings. The zero-order chi connectivity index (χ0) is 22.8. The van der Waals surface area contributed by atoms with E-state index in [1.54, 1.807) is 24.4 Å². The fourth-order valence-electron chi connectivity index (χ4n) is 5.03. The van der Waals surface area contributed by atoms with E-state index in [4.69, 9.17) is 4.98 Å². The lowest BCUT2D eigenvalue weighted by atomic mass is 9.93. The fourth-order valence-corrected chi connectivity index (χ4v) is 5.03. The van der Waals surface area contributed by atoms with Crippen LogP contribution < -0.4 is 10.6 Å². The monoisotopic (exact) mass is 453 g/mol. The molecule has 0 amide bonds. The average molecular weight is 454 g/mol. The number of nitroso groups, excluding NO2 is 1. The van der Waals surface area contributed by atoms with Gasteiger partial charge >= 0.3 is 0 Å². The van der Waals surface area contributed by atoms with E-state index in [0.717, 1.165) is 44.9 Å². The average Bonchev–Trinajstić information content (AvgIpc) is 3.41. The Morgan fingerprint density at radius 3 is 2.73 bits per heavy atom. The minimum Gasteiger partial charge on any atom is -0.393 e. The predicted octanol–water partition coefficient (Wildman–Crippen LogP) is 4.53. The standard InChI is InChI=1S/C23H28FN7O2/c24-18-3-1-2-4-19(18)28-23-29-20-13-25-22(27-15-6-9-17(32)10-7-15)30-21(20)31(23)16-8-5-14(11-16)12-26-33/h1-4,13-17,32H,5-12H2,(H,28,29)(H,25,27,30)/t14-,15-,16-,17-/m0/s1. The highest BCUT2D eigenvalue weighted by molar-refractivity contribution is 5.76. The molecule has 2 saturated carbocycles. The number of rotatable bonds is 7. The third kappa shape index (κ3) is 4.66. The number of hydrogen-bond donors (Lipinski definition) is 3. The Kier molecular flexibility index (Phi) is 6.17. The van der Waals surface area contributed by atoms with Crippen molar-refractivity contribution < 1.29 is 9.50 Å². The van der Waals surface area contributed by atoms with E-state index in [1.807, 2.05) is 4.57 Å². The number of aromatic nitrogens is 4. The molecule has 3 aromatic rings. The number of aliphatic hydroxyl groups excluding tert-OH is 1. The van der Waals surface area contributed by atoms with Gasteiger partial charge in [0.1, 0.15) is 11.3 Å². The van der Waals surface area contributed by atoms with Crippen LogP contribution in [0.3, 0.4) is 0 Å². The minimum absolute atomic E-state index is 0.0728. The Balaban J connectivity index is 1.48. The van der Waals surface area contributed by atoms with Crippen LogP contribution in [0.2, 0.25) is 0 Å². The number of nitrogens with zero attached hydrogens (tertiary/aromatic N) is 5. The number of anilines is 3. The molecule has 0 saturated heterocycles. The first-order valence-electron chi connectivity index (χ1n) is 11.6. The van der Waals surface area contributed by atoms with Crippen molar-refractivity contribution in [2.45, 2.75) is 63.1 Å². The normalized spacial score (nSPS) is 25.3. The lowest BCUT2D eigenvalue weighted by Gasteiger charge is -2.26. The quantitative estimate of drug-likeness (QED) is 0.450. The molecule has 33 heavy (non-hydrogen) atoms. The maximum Gasteiger partial charge on any atom is 0.224 e. The lowest BCUT2D eigenvalue weighted by molar-refractivity contribution is 0.126. The summed E-state index contributed by atoms with van der Waals surface area (Å²) in [6.07, 6.45) is 7.28. The highest BCUT2D eigenvalue weighted by atomic mass is 19.1. The van der Waals surface area contributed by atoms with Crippen LogP contribution >= 0.6 is 0 Å². The van der Waals surface area contributed by atoms with Crippen LogP contribution in [0.25, 0.3) is 11.2 Å². The Morgan fingerprint density at radius 2 is 1.94 bits per heavy atom. The third-order valence-corrected chi connectivity index (χ3v) is 6.79. The van der Waals surface area contributed by atoms with E-state index in [2.05, 4.69) is 25.8 Å². The molecule has 2 aliphatic carbocycles. The van der Waals surface area contributed by atoms with Crippen molar-refractivity contribution in [2.75, 3.05) is 17.2 Å². The van der Waals surface area contributed by atoms with E-state index in [0.29, 0.717) is 35.3 Å². The van der Waals surface area contributed by atoms with Gasteiger partial charge in [0.25, 0.3) is 0 Å². The second kappa shape index (κ2) is 9.38. The molecule has 0 spiro atoms. The Hall–Kier alpha value is -3.14. The number of fused-ring (bicyclic) bond motifs is 1. The largest absolute Gasteiger partial charge is 0.393 e. The highest BCUT2D eigenvalue weighted by Gasteiger charge is 2.30. The van der Waals surface area contributed by atoms with Gasteiger partial charge in [0.15, 0.2) is 5.65 Å². The summed E-state index contributed by atoms with van der Waals surface area (Å²) in [5.41, 5.74) is 1.63. The van der Waals surface area contributed by atoms with Gasteiger partial charge in [0.2, 0.25) is 11.9 Å². The van der Waals surface area contributed by atoms with Gasteiger partial charge in [-0.1, -0.05) is 17.3 Å². The number of benzene rings is 1. The van der Waals surface area contributed by atoms with E-state index in [-0.39, 0.29) is 29.9 Å². The van der Waals surface area contributed by atoms with Gasteiger partial charge < -0.3 is 15.7 Å². The third-order valence-electron chi connectivity index (χ3n) is 6.79. The molecule has 0 aliphatic heterocycles. The number of para-hydroxylation sites is 1. The van der Waals surface area contributed by atoms with Crippen LogP contribution in [-0.2, 0) is 0 Å². The smallest absolute Gasteiger partial charge is 0.224 e. The SMILES string of the molecule is O=NC[C@H]1CC[C@H](n2c(Nc3ccccc3F)nc3cnc(N[C@H]4CC[C@H](O)CC4)nc32)C1. The van der Waals surface area contributed by atoms with E-state index < -0.39 is 0 Å². The van der Waals surface area contributed by atoms with Gasteiger partial charge in [-0.2, -0.15) is 9.89 Å². The van der Waals surface area contributed by atoms with Gasteiger partial charge in [0.05, 0.1) is 24.5 Å². The summed E-state index contributed by atoms with van der Waals surface area (Å²) in [4.78, 5) is 24.7. The molecule has 2 fully saturated rings. The van der Waals surface area contributed by atoms with E-state index in [1.165, 1.54) is 6.07 Å². The molecular weight excluding hydrogens is 425 g/mol. The van der Waals surface area contributed by atoms with Crippen LogP contribution in [0.4, 0.5) is 22.0 Å². The Morgan fingerprint density at radius 1 is 1.12 bits per heavy atom. The first-order chi connectivity index (χ1) is 16.1. The molecule has 3 N–H and O–H groups in total. The summed E-state index contributed by atoms with van der Waals surface area (Å²) >= 11 is 0. The van der Waals surface area contributed by atoms with Crippen molar-refractivity contribution in [1.82, 2.24) is 19.5 Å². The topological polar surface area (TPSA) is 117 Å². The molecule has 174 valence electrons. The summed E-state index contributed by atoms with van der Waals surface area (Å²) in [5.74, 6) is 0.886. The second-order valence-electron chi connectivity index (χ2n) is 9.11. The van der Waals surface area contributed by atoms with Crippen LogP contribution in [0.15, 0.2) is 35.6 Å². The molecule has 9 nitrogen and oxygen atoms in total. The first-order valence-corrected chi connectivity index (χ1v) is 11.6. The zero-order valence-corrected chi connectivity index (χ0v) is 18.3. The van der Waals surface area contributed by atoms with Crippen LogP contribution in [0.1, 0.15) is 51.0 Å². The summed E-state index contributed by atoms with van der Waals surface area (Å²) < 4.78 is 16.4. The van der Waals surface area contributed by atoms with Gasteiger partial charge in [-0.05, 0) is 63.0 Å². The molecular formula is C23H28FN7O2. The number of halogens is 1. The fraction of sp³-hybridized carbons (Fsp3) is 0.522. The molecule has 10 heteroatoms. The van der Waals surface area contributed by atoms with Crippen molar-refractivity contribution in [1.29, 1.82) is 0 Å². The molecule has 2 atom stereocenters. The predicted molar refractivity (Wildman–Crippen MR) is 124 cm³/mol. The lowest BCUT2D eigenvalue weighted by Crippen LogP contribution is -2.29. The first kappa shape index (κ1) is 21.7. The van der Waals surface area contributed by atoms with Crippen LogP contribution in [0.5, 0.6) is 0 Å². The van der Waals surface area contributed by atoms with Crippen molar-refractivity contribution >= 4 is 28.7 Å². The summed E-state index contributed by atoms with van der Waals surface area (Å²) in [6.45, 7) is 0.300. The van der Waals surface area contributed by atoms with Crippen molar-refractivity contribution in [3.63, 3.8) is 0 Å². The molecule has 2 aromatic heterocycles. The second-order valence-corrected chi connectivity index (χ2v) is 9.11. The van der Waals surface area contributed by atoms with E-state index >= 15 is 0 Å². The molecule has 5 rings (SSSR count). The molecule has 0 bridgehead atoms. The van der Waals surface area contributed by atoms with Crippen molar-refractivity contribution in [3.8, 4) is 0 Å². The Labute approximate surface area is 190 Å². The van der Waals surface area contributed by atoms with Gasteiger partial charge in [0, 0.05) is 12.1 Å². The molecule has 1 aromatic carbocycles. The zero-order valence-electron chi connectivity index (χ0n) is 18.3. The molecule has 2 heterocycles. The number of nitrogens with one attached hydrogen (secondary N) is 2. The molecule has 0 unspecified atom stereocenters. The number of aliphatic hydroxyl groups is 1. The summed E-state index contributed by atoms with van der Waals surface area (Å²) in [5, 5.41) is 19.4. The van der Waals surface area contributed by atoms with Gasteiger partial charge in [-0.25, -0.2) is 14.4 Å². The van der Waals surface area contributed by atoms with Crippen LogP contribution in [0, 0.1) is 16.6 Å². The Bertz CT molecular complexity index is 1130. The maximum absolute atomic E-state index is 14.4. The maximum atomic E-state index is 14.4. The minimum atomic E-state index is -0.363. The van der Waals surface area contributed by atoms with E-state index in [9.17, 15) is 14.4 Å². The number of hydrogen-bond acceptors (Lipinski definition) is 8. The summed E-state index contributed by atoms with van der Waals surface area (Å²) in [7, 11) is 0. The highest BCUT2D eigenvalue weighted by Crippen LogP contribution is 2.39. The van der Waals surface area contributed by atoms with Crippen molar-refractivity contribution in [3.05, 3.63) is 41.2 Å². The summed E-state index contributed by atoms with van der Waals surface area (Å²) in [6, 6.07) is 6.77. The molecule has 0 radical (unpaired) electrons. The number of imidazole rings is 1. The van der Waals surface area contributed by atoms with Gasteiger partial charge in [-0.15, -0.1) is 0 Å². The van der Waals surface area contributed by atoms with Gasteiger partial charge in [-0.3, -0.25) is 4.57 Å². The van der Waals surface area contributed by atoms with Crippen molar-refractivity contribution in [2.24, 2.45) is 11.1 Å². The van der Waals surface area contributed by atoms with Crippen LogP contribution in [-0.4, -0.2) is 43.3 Å².